The summed E-state index contributed by atoms with van der Waals surface area (Å²) in [5.41, 5.74) is 7.92. The monoisotopic (exact) mass is 245 g/mol. The Balaban J connectivity index is 2.17. The molecule has 0 saturated carbocycles. The molecule has 1 heterocycles. The van der Waals surface area contributed by atoms with Crippen molar-refractivity contribution < 1.29 is 4.74 Å². The van der Waals surface area contributed by atoms with E-state index in [0.717, 1.165) is 30.0 Å². The molecule has 1 aromatic carbocycles. The summed E-state index contributed by atoms with van der Waals surface area (Å²) in [6.07, 6.45) is 4.69. The van der Waals surface area contributed by atoms with Gasteiger partial charge in [-0.05, 0) is 19.4 Å². The van der Waals surface area contributed by atoms with E-state index in [1.165, 1.54) is 5.56 Å². The minimum absolute atomic E-state index is 0.472. The van der Waals surface area contributed by atoms with E-state index in [1.807, 2.05) is 36.0 Å². The van der Waals surface area contributed by atoms with Crippen molar-refractivity contribution in [2.24, 2.45) is 5.73 Å². The highest BCUT2D eigenvalue weighted by Crippen LogP contribution is 2.25. The van der Waals surface area contributed by atoms with Crippen molar-refractivity contribution in [3.63, 3.8) is 0 Å². The van der Waals surface area contributed by atoms with Crippen LogP contribution in [-0.2, 0) is 13.1 Å². The fourth-order valence-corrected chi connectivity index (χ4v) is 1.84. The Morgan fingerprint density at radius 3 is 2.94 bits per heavy atom. The second-order valence-electron chi connectivity index (χ2n) is 4.36. The maximum atomic E-state index is 5.82. The molecule has 0 saturated heterocycles. The van der Waals surface area contributed by atoms with Gasteiger partial charge >= 0.3 is 0 Å². The summed E-state index contributed by atoms with van der Waals surface area (Å²) >= 11 is 0. The minimum Gasteiger partial charge on any atom is -0.454 e. The lowest BCUT2D eigenvalue weighted by molar-refractivity contribution is 0.474. The Hall–Kier alpha value is -1.81. The minimum atomic E-state index is 0.472. The lowest BCUT2D eigenvalue weighted by atomic mass is 10.1. The largest absolute Gasteiger partial charge is 0.454 e. The zero-order valence-electron chi connectivity index (χ0n) is 10.9. The molecule has 0 radical (unpaired) electrons. The number of benzene rings is 1. The number of hydrogen-bond acceptors (Lipinski definition) is 3. The van der Waals surface area contributed by atoms with Gasteiger partial charge in [-0.25, -0.2) is 0 Å². The number of rotatable bonds is 5. The second kappa shape index (κ2) is 5.69. The van der Waals surface area contributed by atoms with Crippen LogP contribution in [0.15, 0.2) is 30.6 Å². The molecule has 2 N–H and O–H groups in total. The van der Waals surface area contributed by atoms with E-state index in [2.05, 4.69) is 12.0 Å². The number of nitrogens with zero attached hydrogens (tertiary/aromatic N) is 2. The first-order valence-corrected chi connectivity index (χ1v) is 6.23. The average molecular weight is 245 g/mol. The van der Waals surface area contributed by atoms with Crippen LogP contribution in [0.5, 0.6) is 11.5 Å². The molecular formula is C14H19N3O. The lowest BCUT2D eigenvalue weighted by Crippen LogP contribution is -1.99. The standard InChI is InChI=1S/C14H19N3O/c1-3-6-17-10-13(9-16-17)18-14-5-4-11(2)7-12(14)8-15/h4-5,7,9-10H,3,6,8,15H2,1-2H3. The molecule has 0 bridgehead atoms. The molecule has 4 nitrogen and oxygen atoms in total. The van der Waals surface area contributed by atoms with Crippen molar-refractivity contribution >= 4 is 0 Å². The van der Waals surface area contributed by atoms with Crippen LogP contribution in [0.1, 0.15) is 24.5 Å². The van der Waals surface area contributed by atoms with Crippen molar-refractivity contribution in [2.45, 2.75) is 33.4 Å². The summed E-state index contributed by atoms with van der Waals surface area (Å²) in [5.74, 6) is 1.56. The predicted octanol–water partition coefficient (Wildman–Crippen LogP) is 2.85. The fourth-order valence-electron chi connectivity index (χ4n) is 1.84. The zero-order chi connectivity index (χ0) is 13.0. The zero-order valence-corrected chi connectivity index (χ0v) is 10.9. The normalized spacial score (nSPS) is 10.6. The summed E-state index contributed by atoms with van der Waals surface area (Å²) in [7, 11) is 0. The third-order valence-corrected chi connectivity index (χ3v) is 2.73. The van der Waals surface area contributed by atoms with Crippen LogP contribution in [0.25, 0.3) is 0 Å². The van der Waals surface area contributed by atoms with E-state index in [0.29, 0.717) is 6.54 Å². The molecule has 4 heteroatoms. The molecule has 0 aliphatic heterocycles. The first-order chi connectivity index (χ1) is 8.72. The van der Waals surface area contributed by atoms with Gasteiger partial charge in [-0.1, -0.05) is 24.6 Å². The van der Waals surface area contributed by atoms with Crippen molar-refractivity contribution in [1.29, 1.82) is 0 Å². The Kier molecular flexibility index (Phi) is 3.99. The highest BCUT2D eigenvalue weighted by Gasteiger charge is 2.05. The lowest BCUT2D eigenvalue weighted by Gasteiger charge is -2.08. The summed E-state index contributed by atoms with van der Waals surface area (Å²) in [6.45, 7) is 5.54. The van der Waals surface area contributed by atoms with Crippen LogP contribution in [0.4, 0.5) is 0 Å². The van der Waals surface area contributed by atoms with Crippen LogP contribution in [0.2, 0.25) is 0 Å². The van der Waals surface area contributed by atoms with Crippen LogP contribution in [0.3, 0.4) is 0 Å². The number of aromatic nitrogens is 2. The van der Waals surface area contributed by atoms with Gasteiger partial charge in [0.15, 0.2) is 5.75 Å². The summed E-state index contributed by atoms with van der Waals surface area (Å²) in [4.78, 5) is 0. The van der Waals surface area contributed by atoms with E-state index in [-0.39, 0.29) is 0 Å². The SMILES string of the molecule is CCCn1cc(Oc2ccc(C)cc2CN)cn1. The third kappa shape index (κ3) is 2.90. The first kappa shape index (κ1) is 12.6. The summed E-state index contributed by atoms with van der Waals surface area (Å²) in [5, 5.41) is 4.24. The van der Waals surface area contributed by atoms with Gasteiger partial charge < -0.3 is 10.5 Å². The van der Waals surface area contributed by atoms with Gasteiger partial charge in [0, 0.05) is 18.7 Å². The van der Waals surface area contributed by atoms with Crippen LogP contribution < -0.4 is 10.5 Å². The molecule has 2 rings (SSSR count). The van der Waals surface area contributed by atoms with Crippen molar-refractivity contribution in [1.82, 2.24) is 9.78 Å². The Labute approximate surface area is 107 Å². The van der Waals surface area contributed by atoms with Crippen molar-refractivity contribution in [3.8, 4) is 11.5 Å². The quantitative estimate of drug-likeness (QED) is 0.881. The maximum Gasteiger partial charge on any atom is 0.165 e. The third-order valence-electron chi connectivity index (χ3n) is 2.73. The fraction of sp³-hybridized carbons (Fsp3) is 0.357. The van der Waals surface area contributed by atoms with E-state index in [9.17, 15) is 0 Å². The molecule has 0 unspecified atom stereocenters. The predicted molar refractivity (Wildman–Crippen MR) is 71.7 cm³/mol. The molecule has 18 heavy (non-hydrogen) atoms. The molecule has 0 atom stereocenters. The van der Waals surface area contributed by atoms with Gasteiger partial charge in [0.2, 0.25) is 0 Å². The highest BCUT2D eigenvalue weighted by atomic mass is 16.5. The van der Waals surface area contributed by atoms with Crippen LogP contribution in [0, 0.1) is 6.92 Å². The number of ether oxygens (including phenoxy) is 1. The van der Waals surface area contributed by atoms with Gasteiger partial charge in [-0.2, -0.15) is 5.10 Å². The maximum absolute atomic E-state index is 5.82. The van der Waals surface area contributed by atoms with Gasteiger partial charge in [-0.15, -0.1) is 0 Å². The topological polar surface area (TPSA) is 53.1 Å². The summed E-state index contributed by atoms with van der Waals surface area (Å²) < 4.78 is 7.70. The van der Waals surface area contributed by atoms with Crippen molar-refractivity contribution in [2.75, 3.05) is 0 Å². The first-order valence-electron chi connectivity index (χ1n) is 6.23. The van der Waals surface area contributed by atoms with E-state index >= 15 is 0 Å². The molecule has 1 aromatic heterocycles. The number of nitrogens with two attached hydrogens (primary N) is 1. The van der Waals surface area contributed by atoms with Gasteiger partial charge in [-0.3, -0.25) is 4.68 Å². The van der Waals surface area contributed by atoms with Gasteiger partial charge in [0.25, 0.3) is 0 Å². The molecule has 0 fully saturated rings. The van der Waals surface area contributed by atoms with Crippen LogP contribution in [-0.4, -0.2) is 9.78 Å². The average Bonchev–Trinajstić information content (AvgIpc) is 2.79. The van der Waals surface area contributed by atoms with Crippen LogP contribution >= 0.6 is 0 Å². The van der Waals surface area contributed by atoms with Gasteiger partial charge in [0.05, 0.1) is 12.4 Å². The smallest absolute Gasteiger partial charge is 0.165 e. The van der Waals surface area contributed by atoms with Gasteiger partial charge in [0.1, 0.15) is 5.75 Å². The van der Waals surface area contributed by atoms with Crippen molar-refractivity contribution in [3.05, 3.63) is 41.7 Å². The Bertz CT molecular complexity index is 520. The number of hydrogen-bond donors (Lipinski definition) is 1. The molecule has 0 spiro atoms. The molecule has 96 valence electrons. The Morgan fingerprint density at radius 1 is 1.39 bits per heavy atom. The molecule has 2 aromatic rings. The molecule has 0 aliphatic carbocycles. The van der Waals surface area contributed by atoms with E-state index in [1.54, 1.807) is 6.20 Å². The molecule has 0 aliphatic rings. The second-order valence-corrected chi connectivity index (χ2v) is 4.36. The van der Waals surface area contributed by atoms with E-state index < -0.39 is 0 Å². The highest BCUT2D eigenvalue weighted by molar-refractivity contribution is 5.39. The molecular weight excluding hydrogens is 226 g/mol. The summed E-state index contributed by atoms with van der Waals surface area (Å²) in [6, 6.07) is 6.02. The van der Waals surface area contributed by atoms with E-state index in [4.69, 9.17) is 10.5 Å². The Morgan fingerprint density at radius 2 is 2.22 bits per heavy atom. The molecule has 0 amide bonds. The number of aryl methyl sites for hydroxylation is 2.